The van der Waals surface area contributed by atoms with Crippen LogP contribution in [-0.2, 0) is 25.1 Å². The second kappa shape index (κ2) is 14.0. The number of carbonyl (C=O) groups is 2. The standard InChI is InChI=1S/C35H37NO10S/c1-6-18-44-27-16-10-9-15-26(27)31-30(47(5,39)40)22-46-35(31,23-20-28(41-2)32(43-4)29(21-23)42-3)45-19-12-11-17-36-33(37)24-13-7-8-14-25(24)34(36)38/h7-10,13-16,20-21,30-31H,6,17-19,22H2,1-5H3. The number of rotatable bonds is 12. The minimum atomic E-state index is -3.71. The van der Waals surface area contributed by atoms with Crippen molar-refractivity contribution < 1.29 is 46.4 Å². The average molecular weight is 664 g/mol. The monoisotopic (exact) mass is 663 g/mol. The number of nitrogens with zero attached hydrogens (tertiary/aromatic N) is 1. The van der Waals surface area contributed by atoms with Gasteiger partial charge in [-0.05, 0) is 36.8 Å². The number of benzene rings is 3. The molecule has 2 aliphatic rings. The summed E-state index contributed by atoms with van der Waals surface area (Å²) >= 11 is 0. The Morgan fingerprint density at radius 3 is 2.09 bits per heavy atom. The summed E-state index contributed by atoms with van der Waals surface area (Å²) in [7, 11) is 0.711. The molecule has 1 saturated heterocycles. The second-order valence-corrected chi connectivity index (χ2v) is 13.3. The molecule has 248 valence electrons. The van der Waals surface area contributed by atoms with E-state index in [1.54, 1.807) is 54.6 Å². The van der Waals surface area contributed by atoms with Crippen LogP contribution >= 0.6 is 0 Å². The van der Waals surface area contributed by atoms with E-state index in [9.17, 15) is 18.0 Å². The largest absolute Gasteiger partial charge is 0.493 e. The number of imide groups is 1. The van der Waals surface area contributed by atoms with Crippen LogP contribution in [0.5, 0.6) is 23.0 Å². The molecule has 3 aromatic carbocycles. The molecule has 0 radical (unpaired) electrons. The molecule has 3 atom stereocenters. The Morgan fingerprint density at radius 1 is 0.894 bits per heavy atom. The molecule has 2 amide bonds. The molecular weight excluding hydrogens is 626 g/mol. The van der Waals surface area contributed by atoms with Crippen molar-refractivity contribution in [1.82, 2.24) is 4.90 Å². The average Bonchev–Trinajstić information content (AvgIpc) is 3.59. The summed E-state index contributed by atoms with van der Waals surface area (Å²) in [5.74, 6) is 3.69. The first-order chi connectivity index (χ1) is 22.6. The van der Waals surface area contributed by atoms with Crippen LogP contribution in [0.4, 0.5) is 0 Å². The predicted molar refractivity (Wildman–Crippen MR) is 173 cm³/mol. The maximum absolute atomic E-state index is 13.3. The molecule has 11 nitrogen and oxygen atoms in total. The van der Waals surface area contributed by atoms with Crippen LogP contribution in [0.2, 0.25) is 0 Å². The van der Waals surface area contributed by atoms with Crippen molar-refractivity contribution in [1.29, 1.82) is 0 Å². The first kappa shape index (κ1) is 33.8. The zero-order chi connectivity index (χ0) is 33.8. The Kier molecular flexibility index (Phi) is 10.1. The lowest BCUT2D eigenvalue weighted by molar-refractivity contribution is -0.220. The van der Waals surface area contributed by atoms with Gasteiger partial charge in [-0.15, -0.1) is 0 Å². The molecule has 1 fully saturated rings. The Labute approximate surface area is 274 Å². The van der Waals surface area contributed by atoms with Gasteiger partial charge in [0.2, 0.25) is 11.5 Å². The van der Waals surface area contributed by atoms with E-state index in [2.05, 4.69) is 11.8 Å². The van der Waals surface area contributed by atoms with Gasteiger partial charge in [-0.3, -0.25) is 14.5 Å². The Balaban J connectivity index is 1.58. The molecule has 0 spiro atoms. The fourth-order valence-electron chi connectivity index (χ4n) is 5.97. The van der Waals surface area contributed by atoms with Gasteiger partial charge in [0.1, 0.15) is 12.4 Å². The highest BCUT2D eigenvalue weighted by Crippen LogP contribution is 2.54. The number of carbonyl (C=O) groups excluding carboxylic acids is 2. The van der Waals surface area contributed by atoms with Crippen LogP contribution in [0.3, 0.4) is 0 Å². The van der Waals surface area contributed by atoms with Crippen LogP contribution in [0.15, 0.2) is 60.7 Å². The van der Waals surface area contributed by atoms with Gasteiger partial charge in [0.05, 0.1) is 63.4 Å². The van der Waals surface area contributed by atoms with Gasteiger partial charge in [0, 0.05) is 17.4 Å². The second-order valence-electron chi connectivity index (χ2n) is 11.0. The van der Waals surface area contributed by atoms with Crippen molar-refractivity contribution in [2.45, 2.75) is 30.3 Å². The van der Waals surface area contributed by atoms with E-state index in [1.165, 1.54) is 21.3 Å². The summed E-state index contributed by atoms with van der Waals surface area (Å²) in [6.07, 6.45) is 1.90. The molecule has 0 aromatic heterocycles. The van der Waals surface area contributed by atoms with E-state index in [4.69, 9.17) is 28.4 Å². The maximum atomic E-state index is 13.3. The maximum Gasteiger partial charge on any atom is 0.262 e. The number of ether oxygens (including phenoxy) is 6. The summed E-state index contributed by atoms with van der Waals surface area (Å²) in [6, 6.07) is 17.1. The lowest BCUT2D eigenvalue weighted by atomic mass is 9.84. The molecular formula is C35H37NO10S. The zero-order valence-corrected chi connectivity index (χ0v) is 27.7. The topological polar surface area (TPSA) is 127 Å². The highest BCUT2D eigenvalue weighted by atomic mass is 32.2. The number of amides is 2. The van der Waals surface area contributed by atoms with Crippen molar-refractivity contribution in [3.05, 3.63) is 82.9 Å². The Bertz CT molecular complexity index is 1770. The molecule has 3 unspecified atom stereocenters. The number of para-hydroxylation sites is 1. The normalized spacial score (nSPS) is 20.4. The number of fused-ring (bicyclic) bond motifs is 1. The molecule has 0 N–H and O–H groups in total. The van der Waals surface area contributed by atoms with Crippen molar-refractivity contribution in [3.8, 4) is 34.8 Å². The SMILES string of the molecule is CCCOc1ccccc1C1C(S(C)(=O)=O)COC1(OCC#CCN1C(=O)c2ccccc2C1=O)c1cc(OC)c(OC)c(OC)c1. The quantitative estimate of drug-likeness (QED) is 0.206. The summed E-state index contributed by atoms with van der Waals surface area (Å²) in [5, 5.41) is -1.03. The highest BCUT2D eigenvalue weighted by molar-refractivity contribution is 7.91. The number of methoxy groups -OCH3 is 3. The first-order valence-electron chi connectivity index (χ1n) is 15.0. The fraction of sp³-hybridized carbons (Fsp3) is 0.371. The third-order valence-corrected chi connectivity index (χ3v) is 9.68. The van der Waals surface area contributed by atoms with Crippen molar-refractivity contribution in [2.24, 2.45) is 0 Å². The van der Waals surface area contributed by atoms with Gasteiger partial charge in [0.25, 0.3) is 11.8 Å². The van der Waals surface area contributed by atoms with E-state index in [0.717, 1.165) is 17.6 Å². The minimum Gasteiger partial charge on any atom is -0.493 e. The van der Waals surface area contributed by atoms with E-state index >= 15 is 0 Å². The molecule has 2 heterocycles. The Morgan fingerprint density at radius 2 is 1.51 bits per heavy atom. The van der Waals surface area contributed by atoms with Crippen LogP contribution in [-0.4, -0.2) is 84.3 Å². The lowest BCUT2D eigenvalue weighted by Crippen LogP contribution is -2.39. The van der Waals surface area contributed by atoms with E-state index in [1.807, 2.05) is 13.0 Å². The molecule has 3 aromatic rings. The van der Waals surface area contributed by atoms with Crippen molar-refractivity contribution >= 4 is 21.7 Å². The van der Waals surface area contributed by atoms with Crippen molar-refractivity contribution in [3.63, 3.8) is 0 Å². The van der Waals surface area contributed by atoms with Gasteiger partial charge < -0.3 is 28.4 Å². The number of hydrogen-bond donors (Lipinski definition) is 0. The molecule has 12 heteroatoms. The van der Waals surface area contributed by atoms with Gasteiger partial charge in [-0.1, -0.05) is 49.1 Å². The third kappa shape index (κ3) is 6.39. The molecule has 0 saturated carbocycles. The Hall–Kier alpha value is -4.57. The third-order valence-electron chi connectivity index (χ3n) is 8.18. The highest BCUT2D eigenvalue weighted by Gasteiger charge is 2.57. The van der Waals surface area contributed by atoms with E-state index in [-0.39, 0.29) is 19.8 Å². The number of sulfone groups is 1. The van der Waals surface area contributed by atoms with Gasteiger partial charge in [0.15, 0.2) is 21.3 Å². The van der Waals surface area contributed by atoms with Gasteiger partial charge >= 0.3 is 0 Å². The van der Waals surface area contributed by atoms with Gasteiger partial charge in [-0.2, -0.15) is 0 Å². The fourth-order valence-corrected chi connectivity index (χ4v) is 7.10. The van der Waals surface area contributed by atoms with Crippen molar-refractivity contribution in [2.75, 3.05) is 54.0 Å². The smallest absolute Gasteiger partial charge is 0.262 e. The molecule has 47 heavy (non-hydrogen) atoms. The molecule has 5 rings (SSSR count). The van der Waals surface area contributed by atoms with Crippen LogP contribution in [0.25, 0.3) is 0 Å². The van der Waals surface area contributed by atoms with Crippen LogP contribution in [0.1, 0.15) is 51.1 Å². The van der Waals surface area contributed by atoms with Gasteiger partial charge in [-0.25, -0.2) is 8.42 Å². The number of hydrogen-bond acceptors (Lipinski definition) is 10. The predicted octanol–water partition coefficient (Wildman–Crippen LogP) is 4.20. The van der Waals surface area contributed by atoms with E-state index in [0.29, 0.717) is 51.9 Å². The first-order valence-corrected chi connectivity index (χ1v) is 17.0. The molecule has 0 aliphatic carbocycles. The van der Waals surface area contributed by atoms with Crippen LogP contribution < -0.4 is 18.9 Å². The minimum absolute atomic E-state index is 0.156. The van der Waals surface area contributed by atoms with E-state index < -0.39 is 38.6 Å². The van der Waals surface area contributed by atoms with Crippen LogP contribution in [0, 0.1) is 11.8 Å². The summed E-state index contributed by atoms with van der Waals surface area (Å²) in [5.41, 5.74) is 1.63. The molecule has 0 bridgehead atoms. The summed E-state index contributed by atoms with van der Waals surface area (Å²) in [4.78, 5) is 26.7. The molecule has 2 aliphatic heterocycles. The lowest BCUT2D eigenvalue weighted by Gasteiger charge is -2.36. The summed E-state index contributed by atoms with van der Waals surface area (Å²) < 4.78 is 62.5. The summed E-state index contributed by atoms with van der Waals surface area (Å²) in [6.45, 7) is 1.80. The zero-order valence-electron chi connectivity index (χ0n) is 26.9.